The molecule has 3 N–H and O–H groups in total. The van der Waals surface area contributed by atoms with Crippen molar-refractivity contribution in [3.63, 3.8) is 0 Å². The molecule has 21 heavy (non-hydrogen) atoms. The zero-order chi connectivity index (χ0) is 15.0. The molecule has 2 heterocycles. The van der Waals surface area contributed by atoms with Crippen molar-refractivity contribution >= 4 is 34.7 Å². The molecular formula is C14H17ClN4O2. The summed E-state index contributed by atoms with van der Waals surface area (Å²) in [6, 6.07) is 5.46. The Morgan fingerprint density at radius 2 is 2.24 bits per heavy atom. The number of hydrogen-bond donors (Lipinski definition) is 2. The molecule has 1 atom stereocenters. The van der Waals surface area contributed by atoms with Gasteiger partial charge in [-0.05, 0) is 31.4 Å². The highest BCUT2D eigenvalue weighted by molar-refractivity contribution is 6.35. The minimum absolute atomic E-state index is 0.0338. The van der Waals surface area contributed by atoms with Gasteiger partial charge in [0, 0.05) is 13.1 Å². The molecule has 1 aromatic heterocycles. The molecule has 3 rings (SSSR count). The third-order valence-corrected chi connectivity index (χ3v) is 4.28. The van der Waals surface area contributed by atoms with Crippen molar-refractivity contribution in [2.75, 3.05) is 18.8 Å². The predicted octanol–water partition coefficient (Wildman–Crippen LogP) is 2.98. The number of halogens is 1. The molecule has 1 saturated heterocycles. The van der Waals surface area contributed by atoms with E-state index in [9.17, 15) is 9.90 Å². The number of likely N-dealkylation sites (tertiary alicyclic amines) is 1. The second kappa shape index (κ2) is 5.44. The van der Waals surface area contributed by atoms with Crippen LogP contribution in [0.3, 0.4) is 0 Å². The van der Waals surface area contributed by atoms with Crippen LogP contribution < -0.4 is 5.73 Å². The minimum Gasteiger partial charge on any atom is -0.465 e. The first-order valence-corrected chi connectivity index (χ1v) is 7.35. The number of nitrogens with zero attached hydrogens (tertiary/aromatic N) is 3. The SMILES string of the molecule is Nc1nc2cccc(Cl)c2n1C1CCCCN(C(=O)O)C1. The van der Waals surface area contributed by atoms with Crippen molar-refractivity contribution in [2.45, 2.75) is 25.3 Å². The van der Waals surface area contributed by atoms with Crippen molar-refractivity contribution in [3.8, 4) is 0 Å². The van der Waals surface area contributed by atoms with E-state index in [2.05, 4.69) is 4.98 Å². The van der Waals surface area contributed by atoms with Gasteiger partial charge in [0.25, 0.3) is 0 Å². The van der Waals surface area contributed by atoms with Gasteiger partial charge in [-0.25, -0.2) is 9.78 Å². The lowest BCUT2D eigenvalue weighted by molar-refractivity contribution is 0.141. The summed E-state index contributed by atoms with van der Waals surface area (Å²) in [7, 11) is 0. The zero-order valence-electron chi connectivity index (χ0n) is 11.5. The minimum atomic E-state index is -0.893. The zero-order valence-corrected chi connectivity index (χ0v) is 12.3. The largest absolute Gasteiger partial charge is 0.465 e. The Kier molecular flexibility index (Phi) is 3.63. The summed E-state index contributed by atoms with van der Waals surface area (Å²) >= 11 is 6.29. The lowest BCUT2D eigenvalue weighted by atomic mass is 10.1. The van der Waals surface area contributed by atoms with Crippen molar-refractivity contribution < 1.29 is 9.90 Å². The molecule has 112 valence electrons. The predicted molar refractivity (Wildman–Crippen MR) is 81.6 cm³/mol. The van der Waals surface area contributed by atoms with Gasteiger partial charge in [-0.1, -0.05) is 17.7 Å². The average Bonchev–Trinajstić information content (AvgIpc) is 2.62. The van der Waals surface area contributed by atoms with Crippen LogP contribution in [-0.4, -0.2) is 38.7 Å². The standard InChI is InChI=1S/C14H17ClN4O2/c15-10-5-3-6-11-12(10)19(13(16)17-11)9-4-1-2-7-18(8-9)14(20)21/h3,5-6,9H,1-2,4,7-8H2,(H2,16,17)(H,20,21). The molecule has 1 fully saturated rings. The van der Waals surface area contributed by atoms with E-state index in [1.165, 1.54) is 4.90 Å². The number of carbonyl (C=O) groups is 1. The van der Waals surface area contributed by atoms with Crippen LogP contribution in [0, 0.1) is 0 Å². The molecule has 0 spiro atoms. The van der Waals surface area contributed by atoms with Gasteiger partial charge in [-0.3, -0.25) is 0 Å². The van der Waals surface area contributed by atoms with Crippen molar-refractivity contribution in [1.82, 2.24) is 14.5 Å². The summed E-state index contributed by atoms with van der Waals surface area (Å²) in [5.41, 5.74) is 7.58. The maximum Gasteiger partial charge on any atom is 0.407 e. The number of carboxylic acid groups (broad SMARTS) is 1. The van der Waals surface area contributed by atoms with E-state index >= 15 is 0 Å². The number of hydrogen-bond acceptors (Lipinski definition) is 3. The monoisotopic (exact) mass is 308 g/mol. The van der Waals surface area contributed by atoms with Crippen LogP contribution in [0.1, 0.15) is 25.3 Å². The first-order valence-electron chi connectivity index (χ1n) is 6.97. The van der Waals surface area contributed by atoms with E-state index in [-0.39, 0.29) is 6.04 Å². The van der Waals surface area contributed by atoms with Gasteiger partial charge in [-0.2, -0.15) is 0 Å². The molecule has 2 aromatic rings. The fourth-order valence-electron chi connectivity index (χ4n) is 3.00. The fourth-order valence-corrected chi connectivity index (χ4v) is 3.26. The smallest absolute Gasteiger partial charge is 0.407 e. The van der Waals surface area contributed by atoms with Crippen LogP contribution in [0.4, 0.5) is 10.7 Å². The highest BCUT2D eigenvalue weighted by Gasteiger charge is 2.26. The van der Waals surface area contributed by atoms with E-state index in [0.717, 1.165) is 30.3 Å². The van der Waals surface area contributed by atoms with Gasteiger partial charge in [0.05, 0.1) is 22.1 Å². The van der Waals surface area contributed by atoms with E-state index in [0.29, 0.717) is 24.1 Å². The molecule has 6 nitrogen and oxygen atoms in total. The summed E-state index contributed by atoms with van der Waals surface area (Å²) in [6.07, 6.45) is 1.79. The first kappa shape index (κ1) is 14.0. The molecule has 1 aromatic carbocycles. The highest BCUT2D eigenvalue weighted by Crippen LogP contribution is 2.32. The van der Waals surface area contributed by atoms with Gasteiger partial charge in [0.2, 0.25) is 5.95 Å². The molecule has 1 aliphatic heterocycles. The topological polar surface area (TPSA) is 84.4 Å². The summed E-state index contributed by atoms with van der Waals surface area (Å²) in [5, 5.41) is 9.85. The van der Waals surface area contributed by atoms with E-state index in [1.807, 2.05) is 16.7 Å². The number of anilines is 1. The number of amides is 1. The molecule has 1 amide bonds. The average molecular weight is 309 g/mol. The number of nitrogens with two attached hydrogens (primary N) is 1. The van der Waals surface area contributed by atoms with E-state index in [1.54, 1.807) is 6.07 Å². The number of fused-ring (bicyclic) bond motifs is 1. The second-order valence-corrected chi connectivity index (χ2v) is 5.73. The summed E-state index contributed by atoms with van der Waals surface area (Å²) in [6.45, 7) is 0.975. The first-order chi connectivity index (χ1) is 10.1. The maximum atomic E-state index is 11.3. The Bertz CT molecular complexity index is 685. The van der Waals surface area contributed by atoms with E-state index < -0.39 is 6.09 Å². The molecule has 0 radical (unpaired) electrons. The normalized spacial score (nSPS) is 19.7. The van der Waals surface area contributed by atoms with Crippen LogP contribution in [0.15, 0.2) is 18.2 Å². The highest BCUT2D eigenvalue weighted by atomic mass is 35.5. The maximum absolute atomic E-state index is 11.3. The number of imidazole rings is 1. The number of para-hydroxylation sites is 1. The molecule has 0 aliphatic carbocycles. The third-order valence-electron chi connectivity index (χ3n) is 3.97. The van der Waals surface area contributed by atoms with Crippen molar-refractivity contribution in [3.05, 3.63) is 23.2 Å². The van der Waals surface area contributed by atoms with Gasteiger partial charge >= 0.3 is 6.09 Å². The van der Waals surface area contributed by atoms with Crippen LogP contribution in [0.25, 0.3) is 11.0 Å². The van der Waals surface area contributed by atoms with Crippen LogP contribution in [0.5, 0.6) is 0 Å². The molecule has 0 bridgehead atoms. The van der Waals surface area contributed by atoms with Crippen LogP contribution in [-0.2, 0) is 0 Å². The Hall–Kier alpha value is -1.95. The van der Waals surface area contributed by atoms with Crippen LogP contribution in [0.2, 0.25) is 5.02 Å². The lowest BCUT2D eigenvalue weighted by Crippen LogP contribution is -2.34. The second-order valence-electron chi connectivity index (χ2n) is 5.33. The summed E-state index contributed by atoms with van der Waals surface area (Å²) in [4.78, 5) is 17.1. The summed E-state index contributed by atoms with van der Waals surface area (Å²) < 4.78 is 1.89. The van der Waals surface area contributed by atoms with Crippen molar-refractivity contribution in [2.24, 2.45) is 0 Å². The molecule has 7 heteroatoms. The quantitative estimate of drug-likeness (QED) is 0.848. The van der Waals surface area contributed by atoms with E-state index in [4.69, 9.17) is 17.3 Å². The van der Waals surface area contributed by atoms with Gasteiger partial charge in [0.1, 0.15) is 0 Å². The number of benzene rings is 1. The lowest BCUT2D eigenvalue weighted by Gasteiger charge is -2.24. The van der Waals surface area contributed by atoms with Gasteiger partial charge in [-0.15, -0.1) is 0 Å². The van der Waals surface area contributed by atoms with Gasteiger partial charge in [0.15, 0.2) is 0 Å². The number of nitrogen functional groups attached to an aromatic ring is 1. The number of rotatable bonds is 1. The Morgan fingerprint density at radius 3 is 3.00 bits per heavy atom. The molecular weight excluding hydrogens is 292 g/mol. The molecule has 1 unspecified atom stereocenters. The van der Waals surface area contributed by atoms with Crippen LogP contribution >= 0.6 is 11.6 Å². The number of aromatic nitrogens is 2. The molecule has 1 aliphatic rings. The van der Waals surface area contributed by atoms with Crippen molar-refractivity contribution in [1.29, 1.82) is 0 Å². The Balaban J connectivity index is 2.06. The third kappa shape index (κ3) is 2.51. The fraction of sp³-hybridized carbons (Fsp3) is 0.429. The van der Waals surface area contributed by atoms with Gasteiger partial charge < -0.3 is 20.3 Å². The Morgan fingerprint density at radius 1 is 1.43 bits per heavy atom. The Labute approximate surface area is 127 Å². The molecule has 0 saturated carbocycles. The summed E-state index contributed by atoms with van der Waals surface area (Å²) in [5.74, 6) is 0.385.